The fourth-order valence-corrected chi connectivity index (χ4v) is 4.93. The van der Waals surface area contributed by atoms with Gasteiger partial charge in [0, 0.05) is 52.5 Å². The van der Waals surface area contributed by atoms with Crippen LogP contribution in [0.5, 0.6) is 0 Å². The lowest BCUT2D eigenvalue weighted by Crippen LogP contribution is -2.46. The van der Waals surface area contributed by atoms with Crippen LogP contribution in [0.4, 0.5) is 5.69 Å². The second kappa shape index (κ2) is 9.97. The van der Waals surface area contributed by atoms with E-state index in [1.165, 1.54) is 20.2 Å². The predicted octanol–water partition coefficient (Wildman–Crippen LogP) is 0.762. The molecule has 0 radical (unpaired) electrons. The van der Waals surface area contributed by atoms with E-state index < -0.39 is 10.0 Å². The number of benzene rings is 1. The van der Waals surface area contributed by atoms with Crippen molar-refractivity contribution in [2.75, 3.05) is 64.9 Å². The first-order chi connectivity index (χ1) is 14.8. The van der Waals surface area contributed by atoms with Crippen LogP contribution in [0.15, 0.2) is 23.1 Å². The number of morpholine rings is 1. The molecule has 0 aliphatic carbocycles. The van der Waals surface area contributed by atoms with Crippen LogP contribution >= 0.6 is 0 Å². The van der Waals surface area contributed by atoms with E-state index in [1.807, 2.05) is 11.8 Å². The smallest absolute Gasteiger partial charge is 0.256 e. The van der Waals surface area contributed by atoms with Crippen LogP contribution in [0, 0.1) is 5.92 Å². The van der Waals surface area contributed by atoms with E-state index in [-0.39, 0.29) is 22.6 Å². The van der Waals surface area contributed by atoms with Gasteiger partial charge in [0.15, 0.2) is 0 Å². The van der Waals surface area contributed by atoms with Crippen molar-refractivity contribution in [3.63, 3.8) is 0 Å². The molecule has 1 unspecified atom stereocenters. The van der Waals surface area contributed by atoms with Gasteiger partial charge in [-0.1, -0.05) is 0 Å². The number of ether oxygens (including phenoxy) is 1. The summed E-state index contributed by atoms with van der Waals surface area (Å²) in [6, 6.07) is 4.73. The maximum absolute atomic E-state index is 13.6. The van der Waals surface area contributed by atoms with Gasteiger partial charge in [-0.25, -0.2) is 12.7 Å². The Morgan fingerprint density at radius 2 is 1.90 bits per heavy atom. The Kier molecular flexibility index (Phi) is 7.55. The third-order valence-electron chi connectivity index (χ3n) is 5.76. The lowest BCUT2D eigenvalue weighted by atomic mass is 9.96. The van der Waals surface area contributed by atoms with Gasteiger partial charge >= 0.3 is 0 Å². The van der Waals surface area contributed by atoms with Crippen LogP contribution in [0.2, 0.25) is 0 Å². The number of anilines is 1. The molecule has 0 aromatic heterocycles. The molecule has 172 valence electrons. The molecule has 31 heavy (non-hydrogen) atoms. The van der Waals surface area contributed by atoms with E-state index in [1.54, 1.807) is 17.0 Å². The maximum Gasteiger partial charge on any atom is 0.256 e. The summed E-state index contributed by atoms with van der Waals surface area (Å²) in [7, 11) is -0.754. The SMILES string of the molecule is CCNC(=O)C1CCCN(C(=O)c2cc(S(=O)(=O)N(C)C)ccc2N2CCOCC2)C1. The molecule has 1 atom stereocenters. The maximum atomic E-state index is 13.6. The minimum absolute atomic E-state index is 0.0441. The zero-order chi connectivity index (χ0) is 22.6. The Labute approximate surface area is 184 Å². The highest BCUT2D eigenvalue weighted by molar-refractivity contribution is 7.89. The molecule has 2 aliphatic rings. The molecule has 10 heteroatoms. The first kappa shape index (κ1) is 23.5. The number of piperidine rings is 1. The normalized spacial score (nSPS) is 20.1. The van der Waals surface area contributed by atoms with Gasteiger partial charge in [-0.05, 0) is 38.0 Å². The van der Waals surface area contributed by atoms with Crippen molar-refractivity contribution in [2.24, 2.45) is 5.92 Å². The number of carbonyl (C=O) groups is 2. The van der Waals surface area contributed by atoms with Crippen LogP contribution in [-0.2, 0) is 19.6 Å². The standard InChI is InChI=1S/C21H32N4O5S/c1-4-22-20(26)16-6-5-9-25(15-16)21(27)18-14-17(31(28,29)23(2)3)7-8-19(18)24-10-12-30-13-11-24/h7-8,14,16H,4-6,9-13,15H2,1-3H3,(H,22,26). The Hall–Kier alpha value is -2.17. The van der Waals surface area contributed by atoms with Crippen LogP contribution in [-0.4, -0.2) is 89.5 Å². The van der Waals surface area contributed by atoms with E-state index in [4.69, 9.17) is 4.74 Å². The highest BCUT2D eigenvalue weighted by Gasteiger charge is 2.31. The van der Waals surface area contributed by atoms with Gasteiger partial charge in [0.2, 0.25) is 15.9 Å². The van der Waals surface area contributed by atoms with Crippen LogP contribution in [0.3, 0.4) is 0 Å². The lowest BCUT2D eigenvalue weighted by Gasteiger charge is -2.35. The molecule has 0 spiro atoms. The van der Waals surface area contributed by atoms with Gasteiger partial charge in [-0.3, -0.25) is 9.59 Å². The molecular formula is C21H32N4O5S. The molecule has 1 aromatic carbocycles. The van der Waals surface area contributed by atoms with Gasteiger partial charge in [-0.2, -0.15) is 0 Å². The van der Waals surface area contributed by atoms with Crippen molar-refractivity contribution in [3.05, 3.63) is 23.8 Å². The summed E-state index contributed by atoms with van der Waals surface area (Å²) >= 11 is 0. The third-order valence-corrected chi connectivity index (χ3v) is 7.57. The Bertz CT molecular complexity index is 912. The summed E-state index contributed by atoms with van der Waals surface area (Å²) in [6.45, 7) is 5.65. The van der Waals surface area contributed by atoms with Gasteiger partial charge in [0.05, 0.1) is 29.6 Å². The van der Waals surface area contributed by atoms with E-state index in [2.05, 4.69) is 5.32 Å². The molecule has 3 rings (SSSR count). The van der Waals surface area contributed by atoms with E-state index in [0.717, 1.165) is 17.1 Å². The predicted molar refractivity (Wildman–Crippen MR) is 118 cm³/mol. The van der Waals surface area contributed by atoms with E-state index >= 15 is 0 Å². The average molecular weight is 453 g/mol. The minimum atomic E-state index is -3.69. The number of rotatable bonds is 6. The Morgan fingerprint density at radius 3 is 2.55 bits per heavy atom. The quantitative estimate of drug-likeness (QED) is 0.684. The highest BCUT2D eigenvalue weighted by atomic mass is 32.2. The van der Waals surface area contributed by atoms with Gasteiger partial charge in [0.25, 0.3) is 5.91 Å². The molecule has 2 heterocycles. The van der Waals surface area contributed by atoms with Gasteiger partial charge < -0.3 is 19.9 Å². The van der Waals surface area contributed by atoms with Crippen LogP contribution in [0.1, 0.15) is 30.1 Å². The Morgan fingerprint density at radius 1 is 1.19 bits per heavy atom. The topological polar surface area (TPSA) is 99.3 Å². The molecule has 1 N–H and O–H groups in total. The van der Waals surface area contributed by atoms with Crippen molar-refractivity contribution in [3.8, 4) is 0 Å². The first-order valence-corrected chi connectivity index (χ1v) is 12.2. The molecule has 2 amide bonds. The molecule has 2 aliphatic heterocycles. The number of likely N-dealkylation sites (tertiary alicyclic amines) is 1. The zero-order valence-electron chi connectivity index (χ0n) is 18.5. The molecule has 1 aromatic rings. The Balaban J connectivity index is 1.95. The van der Waals surface area contributed by atoms with Crippen molar-refractivity contribution < 1.29 is 22.7 Å². The van der Waals surface area contributed by atoms with Crippen LogP contribution < -0.4 is 10.2 Å². The zero-order valence-corrected chi connectivity index (χ0v) is 19.3. The second-order valence-electron chi connectivity index (χ2n) is 8.05. The molecule has 2 fully saturated rings. The molecule has 0 saturated carbocycles. The minimum Gasteiger partial charge on any atom is -0.378 e. The highest BCUT2D eigenvalue weighted by Crippen LogP contribution is 2.29. The summed E-state index contributed by atoms with van der Waals surface area (Å²) in [5.41, 5.74) is 1.05. The molecule has 2 saturated heterocycles. The second-order valence-corrected chi connectivity index (χ2v) is 10.2. The monoisotopic (exact) mass is 452 g/mol. The number of hydrogen-bond acceptors (Lipinski definition) is 6. The number of sulfonamides is 1. The fraction of sp³-hybridized carbons (Fsp3) is 0.619. The number of amides is 2. The van der Waals surface area contributed by atoms with Crippen molar-refractivity contribution >= 4 is 27.5 Å². The first-order valence-electron chi connectivity index (χ1n) is 10.7. The lowest BCUT2D eigenvalue weighted by molar-refractivity contribution is -0.126. The van der Waals surface area contributed by atoms with Gasteiger partial charge in [-0.15, -0.1) is 0 Å². The summed E-state index contributed by atoms with van der Waals surface area (Å²) in [5.74, 6) is -0.540. The van der Waals surface area contributed by atoms with Gasteiger partial charge in [0.1, 0.15) is 0 Å². The number of nitrogens with one attached hydrogen (secondary N) is 1. The largest absolute Gasteiger partial charge is 0.378 e. The van der Waals surface area contributed by atoms with E-state index in [9.17, 15) is 18.0 Å². The summed E-state index contributed by atoms with van der Waals surface area (Å²) in [6.07, 6.45) is 1.47. The average Bonchev–Trinajstić information content (AvgIpc) is 2.79. The number of hydrogen-bond donors (Lipinski definition) is 1. The number of carbonyl (C=O) groups excluding carboxylic acids is 2. The van der Waals surface area contributed by atoms with Crippen molar-refractivity contribution in [1.29, 1.82) is 0 Å². The third kappa shape index (κ3) is 5.19. The van der Waals surface area contributed by atoms with Crippen molar-refractivity contribution in [1.82, 2.24) is 14.5 Å². The van der Waals surface area contributed by atoms with Crippen LogP contribution in [0.25, 0.3) is 0 Å². The molecule has 9 nitrogen and oxygen atoms in total. The molecular weight excluding hydrogens is 420 g/mol. The van der Waals surface area contributed by atoms with E-state index in [0.29, 0.717) is 57.2 Å². The summed E-state index contributed by atoms with van der Waals surface area (Å²) in [5, 5.41) is 2.84. The summed E-state index contributed by atoms with van der Waals surface area (Å²) < 4.78 is 32.0. The molecule has 0 bridgehead atoms. The summed E-state index contributed by atoms with van der Waals surface area (Å²) in [4.78, 5) is 29.7. The van der Waals surface area contributed by atoms with Crippen molar-refractivity contribution in [2.45, 2.75) is 24.7 Å². The fourth-order valence-electron chi connectivity index (χ4n) is 4.00. The number of nitrogens with zero attached hydrogens (tertiary/aromatic N) is 3.